The molecule has 0 saturated carbocycles. The van der Waals surface area contributed by atoms with Crippen LogP contribution in [0.2, 0.25) is 0 Å². The van der Waals surface area contributed by atoms with Gasteiger partial charge in [-0.3, -0.25) is 0 Å². The molecule has 0 radical (unpaired) electrons. The number of hydrogen-bond donors (Lipinski definition) is 1. The van der Waals surface area contributed by atoms with Gasteiger partial charge in [0.2, 0.25) is 0 Å². The molecule has 1 heterocycles. The molecular formula is C19H33NO2. The number of carbonyl (C=O) groups is 1. The summed E-state index contributed by atoms with van der Waals surface area (Å²) in [6, 6.07) is 1.68. The molecule has 1 aromatic heterocycles. The Morgan fingerprint density at radius 2 is 1.68 bits per heavy atom. The van der Waals surface area contributed by atoms with Crippen molar-refractivity contribution >= 4 is 5.97 Å². The van der Waals surface area contributed by atoms with Gasteiger partial charge in [0.25, 0.3) is 0 Å². The third kappa shape index (κ3) is 7.67. The zero-order valence-electron chi connectivity index (χ0n) is 14.6. The average Bonchev–Trinajstić information content (AvgIpc) is 2.89. The van der Waals surface area contributed by atoms with Crippen LogP contribution in [-0.2, 0) is 6.54 Å². The highest BCUT2D eigenvalue weighted by Gasteiger charge is 2.18. The van der Waals surface area contributed by atoms with Gasteiger partial charge in [-0.25, -0.2) is 4.79 Å². The Labute approximate surface area is 135 Å². The maximum absolute atomic E-state index is 10.9. The second-order valence-electron chi connectivity index (χ2n) is 7.27. The first-order valence-electron chi connectivity index (χ1n) is 8.84. The molecule has 1 rings (SSSR count). The van der Waals surface area contributed by atoms with E-state index in [4.69, 9.17) is 5.11 Å². The summed E-state index contributed by atoms with van der Waals surface area (Å²) in [4.78, 5) is 10.9. The van der Waals surface area contributed by atoms with E-state index in [2.05, 4.69) is 20.8 Å². The number of rotatable bonds is 12. The van der Waals surface area contributed by atoms with E-state index in [9.17, 15) is 4.79 Å². The first-order chi connectivity index (χ1) is 10.4. The maximum Gasteiger partial charge on any atom is 0.337 e. The molecule has 126 valence electrons. The molecule has 22 heavy (non-hydrogen) atoms. The zero-order chi connectivity index (χ0) is 16.4. The molecule has 0 amide bonds. The number of aromatic carboxylic acids is 1. The van der Waals surface area contributed by atoms with Crippen molar-refractivity contribution in [2.45, 2.75) is 85.1 Å². The van der Waals surface area contributed by atoms with Crippen LogP contribution in [0.1, 0.15) is 88.9 Å². The van der Waals surface area contributed by atoms with Crippen molar-refractivity contribution < 1.29 is 9.90 Å². The Kier molecular flexibility index (Phi) is 8.29. The second-order valence-corrected chi connectivity index (χ2v) is 7.27. The van der Waals surface area contributed by atoms with E-state index in [1.54, 1.807) is 12.3 Å². The Bertz CT molecular complexity index is 434. The van der Waals surface area contributed by atoms with Crippen LogP contribution >= 0.6 is 0 Å². The van der Waals surface area contributed by atoms with Crippen LogP contribution in [-0.4, -0.2) is 15.6 Å². The van der Waals surface area contributed by atoms with Crippen LogP contribution < -0.4 is 0 Å². The molecule has 1 N–H and O–H groups in total. The smallest absolute Gasteiger partial charge is 0.337 e. The predicted molar refractivity (Wildman–Crippen MR) is 92.4 cm³/mol. The van der Waals surface area contributed by atoms with E-state index < -0.39 is 5.97 Å². The molecule has 0 spiro atoms. The Hall–Kier alpha value is -1.25. The molecule has 0 saturated heterocycles. The largest absolute Gasteiger partial charge is 0.478 e. The van der Waals surface area contributed by atoms with Crippen molar-refractivity contribution in [2.75, 3.05) is 0 Å². The maximum atomic E-state index is 10.9. The second kappa shape index (κ2) is 9.70. The van der Waals surface area contributed by atoms with Crippen molar-refractivity contribution in [3.05, 3.63) is 24.0 Å². The van der Waals surface area contributed by atoms with E-state index in [1.807, 2.05) is 10.8 Å². The van der Waals surface area contributed by atoms with Gasteiger partial charge in [0.1, 0.15) is 0 Å². The van der Waals surface area contributed by atoms with Crippen LogP contribution in [0.15, 0.2) is 18.5 Å². The van der Waals surface area contributed by atoms with Gasteiger partial charge in [-0.15, -0.1) is 0 Å². The van der Waals surface area contributed by atoms with E-state index in [1.165, 1.54) is 57.8 Å². The van der Waals surface area contributed by atoms with E-state index >= 15 is 0 Å². The Morgan fingerprint density at radius 3 is 2.23 bits per heavy atom. The van der Waals surface area contributed by atoms with Crippen LogP contribution in [0.4, 0.5) is 0 Å². The molecule has 0 aliphatic rings. The lowest BCUT2D eigenvalue weighted by molar-refractivity contribution is 0.0696. The minimum atomic E-state index is -0.848. The highest BCUT2D eigenvalue weighted by Crippen LogP contribution is 2.26. The summed E-state index contributed by atoms with van der Waals surface area (Å²) in [5.74, 6) is -0.848. The minimum absolute atomic E-state index is 0.219. The van der Waals surface area contributed by atoms with E-state index in [0.29, 0.717) is 5.56 Å². The van der Waals surface area contributed by atoms with Crippen molar-refractivity contribution in [3.8, 4) is 0 Å². The van der Waals surface area contributed by atoms with Crippen molar-refractivity contribution in [1.82, 2.24) is 4.57 Å². The lowest BCUT2D eigenvalue weighted by atomic mass is 9.86. The van der Waals surface area contributed by atoms with Gasteiger partial charge in [-0.1, -0.05) is 72.1 Å². The van der Waals surface area contributed by atoms with E-state index in [0.717, 1.165) is 6.54 Å². The predicted octanol–water partition coefficient (Wildman–Crippen LogP) is 5.74. The first-order valence-corrected chi connectivity index (χ1v) is 8.84. The van der Waals surface area contributed by atoms with Gasteiger partial charge >= 0.3 is 5.97 Å². The molecule has 0 aliphatic heterocycles. The van der Waals surface area contributed by atoms with Gasteiger partial charge in [0, 0.05) is 18.9 Å². The fourth-order valence-corrected chi connectivity index (χ4v) is 2.98. The quantitative estimate of drug-likeness (QED) is 0.500. The summed E-state index contributed by atoms with van der Waals surface area (Å²) in [6.45, 7) is 7.69. The molecule has 1 aromatic rings. The Morgan fingerprint density at radius 1 is 1.09 bits per heavy atom. The zero-order valence-corrected chi connectivity index (χ0v) is 14.6. The van der Waals surface area contributed by atoms with Crippen LogP contribution in [0.25, 0.3) is 0 Å². The molecule has 0 unspecified atom stereocenters. The SMILES string of the molecule is CCCCCCCCCCC(C)(C)Cn1ccc(C(=O)O)c1. The van der Waals surface area contributed by atoms with Gasteiger partial charge in [0.15, 0.2) is 0 Å². The molecule has 3 heteroatoms. The van der Waals surface area contributed by atoms with Crippen LogP contribution in [0.3, 0.4) is 0 Å². The molecule has 3 nitrogen and oxygen atoms in total. The van der Waals surface area contributed by atoms with Gasteiger partial charge in [0.05, 0.1) is 5.56 Å². The minimum Gasteiger partial charge on any atom is -0.478 e. The lowest BCUT2D eigenvalue weighted by Crippen LogP contribution is -2.18. The highest BCUT2D eigenvalue weighted by molar-refractivity contribution is 5.87. The molecule has 0 atom stereocenters. The molecule has 0 aromatic carbocycles. The number of aromatic nitrogens is 1. The third-order valence-corrected chi connectivity index (χ3v) is 4.32. The number of unbranched alkanes of at least 4 members (excludes halogenated alkanes) is 7. The third-order valence-electron chi connectivity index (χ3n) is 4.32. The van der Waals surface area contributed by atoms with Crippen molar-refractivity contribution in [1.29, 1.82) is 0 Å². The number of carboxylic acids is 1. The summed E-state index contributed by atoms with van der Waals surface area (Å²) >= 11 is 0. The fourth-order valence-electron chi connectivity index (χ4n) is 2.98. The highest BCUT2D eigenvalue weighted by atomic mass is 16.4. The van der Waals surface area contributed by atoms with Gasteiger partial charge in [-0.2, -0.15) is 0 Å². The summed E-state index contributed by atoms with van der Waals surface area (Å²) in [5.41, 5.74) is 0.597. The van der Waals surface area contributed by atoms with Crippen LogP contribution in [0, 0.1) is 5.41 Å². The first kappa shape index (κ1) is 18.8. The van der Waals surface area contributed by atoms with E-state index in [-0.39, 0.29) is 5.41 Å². The number of nitrogens with zero attached hydrogens (tertiary/aromatic N) is 1. The average molecular weight is 307 g/mol. The standard InChI is InChI=1S/C19H33NO2/c1-4-5-6-7-8-9-10-11-13-19(2,3)16-20-14-12-17(15-20)18(21)22/h12,14-15H,4-11,13,16H2,1-3H3,(H,21,22). The summed E-state index contributed by atoms with van der Waals surface area (Å²) in [7, 11) is 0. The monoisotopic (exact) mass is 307 g/mol. The Balaban J connectivity index is 2.19. The summed E-state index contributed by atoms with van der Waals surface area (Å²) in [6.07, 6.45) is 15.6. The molecule has 0 aliphatic carbocycles. The van der Waals surface area contributed by atoms with Gasteiger partial charge in [-0.05, 0) is 17.9 Å². The lowest BCUT2D eigenvalue weighted by Gasteiger charge is -2.25. The molecule has 0 fully saturated rings. The number of hydrogen-bond acceptors (Lipinski definition) is 1. The van der Waals surface area contributed by atoms with Crippen molar-refractivity contribution in [3.63, 3.8) is 0 Å². The van der Waals surface area contributed by atoms with Crippen LogP contribution in [0.5, 0.6) is 0 Å². The normalized spacial score (nSPS) is 11.8. The molecular weight excluding hydrogens is 274 g/mol. The fraction of sp³-hybridized carbons (Fsp3) is 0.737. The van der Waals surface area contributed by atoms with Gasteiger partial charge < -0.3 is 9.67 Å². The summed E-state index contributed by atoms with van der Waals surface area (Å²) in [5, 5.41) is 8.96. The van der Waals surface area contributed by atoms with Crippen molar-refractivity contribution in [2.24, 2.45) is 5.41 Å². The summed E-state index contributed by atoms with van der Waals surface area (Å²) < 4.78 is 2.01. The molecule has 0 bridgehead atoms. The number of carboxylic acid groups (broad SMARTS) is 1. The topological polar surface area (TPSA) is 42.2 Å².